The van der Waals surface area contributed by atoms with E-state index in [9.17, 15) is 4.79 Å². The number of rotatable bonds is 4. The van der Waals surface area contributed by atoms with E-state index in [1.165, 1.54) is 5.69 Å². The minimum atomic E-state index is -0.0415. The first-order valence-electron chi connectivity index (χ1n) is 9.20. The number of nitrogens with zero attached hydrogens (tertiary/aromatic N) is 5. The van der Waals surface area contributed by atoms with Gasteiger partial charge in [-0.3, -0.25) is 9.78 Å². The molecular weight excluding hydrogens is 342 g/mol. The van der Waals surface area contributed by atoms with Gasteiger partial charge in [0.05, 0.1) is 12.9 Å². The summed E-state index contributed by atoms with van der Waals surface area (Å²) in [5.41, 5.74) is 2.35. The van der Waals surface area contributed by atoms with Crippen LogP contribution in [0.3, 0.4) is 0 Å². The van der Waals surface area contributed by atoms with Crippen LogP contribution in [-0.4, -0.2) is 51.5 Å². The number of aromatic nitrogens is 3. The van der Waals surface area contributed by atoms with Gasteiger partial charge in [0.15, 0.2) is 5.76 Å². The predicted octanol–water partition coefficient (Wildman–Crippen LogP) is 2.58. The summed E-state index contributed by atoms with van der Waals surface area (Å²) in [5.74, 6) is 1.11. The topological polar surface area (TPSA) is 67.4 Å². The number of aryl methyl sites for hydroxylation is 1. The number of anilines is 1. The Balaban J connectivity index is 1.41. The van der Waals surface area contributed by atoms with E-state index in [0.717, 1.165) is 37.4 Å². The Morgan fingerprint density at radius 2 is 2.04 bits per heavy atom. The molecule has 1 fully saturated rings. The third-order valence-corrected chi connectivity index (χ3v) is 4.88. The molecule has 0 saturated carbocycles. The number of hydrogen-bond acceptors (Lipinski definition) is 5. The Bertz CT molecular complexity index is 903. The average Bonchev–Trinajstić information content (AvgIpc) is 3.29. The van der Waals surface area contributed by atoms with Crippen molar-refractivity contribution >= 4 is 11.6 Å². The van der Waals surface area contributed by atoms with Gasteiger partial charge in [-0.1, -0.05) is 0 Å². The highest BCUT2D eigenvalue weighted by Crippen LogP contribution is 2.21. The monoisotopic (exact) mass is 365 g/mol. The van der Waals surface area contributed by atoms with Crippen molar-refractivity contribution in [3.05, 3.63) is 66.4 Å². The van der Waals surface area contributed by atoms with Crippen LogP contribution in [0.15, 0.2) is 53.7 Å². The van der Waals surface area contributed by atoms with Gasteiger partial charge in [-0.2, -0.15) is 0 Å². The zero-order valence-electron chi connectivity index (χ0n) is 15.4. The van der Waals surface area contributed by atoms with Crippen LogP contribution in [-0.2, 0) is 6.54 Å². The van der Waals surface area contributed by atoms with Crippen LogP contribution < -0.4 is 4.90 Å². The van der Waals surface area contributed by atoms with Crippen LogP contribution in [0.4, 0.5) is 5.69 Å². The average molecular weight is 365 g/mol. The lowest BCUT2D eigenvalue weighted by atomic mass is 10.2. The van der Waals surface area contributed by atoms with E-state index in [0.29, 0.717) is 18.8 Å². The Morgan fingerprint density at radius 3 is 2.85 bits per heavy atom. The first kappa shape index (κ1) is 17.3. The fourth-order valence-corrected chi connectivity index (χ4v) is 3.48. The summed E-state index contributed by atoms with van der Waals surface area (Å²) in [6.45, 7) is 5.79. The highest BCUT2D eigenvalue weighted by atomic mass is 16.4. The van der Waals surface area contributed by atoms with E-state index in [1.807, 2.05) is 40.2 Å². The molecule has 1 saturated heterocycles. The molecule has 0 atom stereocenters. The molecule has 4 rings (SSSR count). The molecule has 7 heteroatoms. The number of amides is 1. The lowest BCUT2D eigenvalue weighted by Gasteiger charge is -2.24. The number of imidazole rings is 1. The largest absolute Gasteiger partial charge is 0.454 e. The van der Waals surface area contributed by atoms with Crippen LogP contribution in [0, 0.1) is 6.92 Å². The quantitative estimate of drug-likeness (QED) is 0.711. The zero-order valence-corrected chi connectivity index (χ0v) is 15.4. The second-order valence-corrected chi connectivity index (χ2v) is 6.80. The third kappa shape index (κ3) is 3.86. The lowest BCUT2D eigenvalue weighted by Crippen LogP contribution is -2.35. The fourth-order valence-electron chi connectivity index (χ4n) is 3.48. The molecule has 1 aliphatic rings. The van der Waals surface area contributed by atoms with Crippen molar-refractivity contribution in [1.29, 1.82) is 0 Å². The maximum atomic E-state index is 12.9. The number of hydrogen-bond donors (Lipinski definition) is 0. The summed E-state index contributed by atoms with van der Waals surface area (Å²) in [5, 5.41) is 0. The van der Waals surface area contributed by atoms with Crippen LogP contribution in [0.2, 0.25) is 0 Å². The molecule has 1 amide bonds. The minimum absolute atomic E-state index is 0.0415. The molecule has 0 unspecified atom stereocenters. The van der Waals surface area contributed by atoms with Crippen molar-refractivity contribution in [3.63, 3.8) is 0 Å². The standard InChI is InChI=1S/C20H23N5O2/c1-16-13-21-6-5-18(16)24-8-2-9-25(12-11-24)20(26)19-4-3-17(27-19)14-23-10-7-22-15-23/h3-7,10,13,15H,2,8-9,11-12,14H2,1H3. The van der Waals surface area contributed by atoms with Crippen molar-refractivity contribution in [1.82, 2.24) is 19.4 Å². The van der Waals surface area contributed by atoms with Crippen molar-refractivity contribution in [2.24, 2.45) is 0 Å². The molecule has 0 aliphatic carbocycles. The summed E-state index contributed by atoms with van der Waals surface area (Å²) >= 11 is 0. The molecule has 27 heavy (non-hydrogen) atoms. The van der Waals surface area contributed by atoms with Gasteiger partial charge in [0.1, 0.15) is 5.76 Å². The predicted molar refractivity (Wildman–Crippen MR) is 102 cm³/mol. The highest BCUT2D eigenvalue weighted by molar-refractivity contribution is 5.91. The number of pyridine rings is 1. The normalized spacial score (nSPS) is 15.0. The van der Waals surface area contributed by atoms with E-state index in [-0.39, 0.29) is 5.91 Å². The molecule has 3 aromatic heterocycles. The molecule has 7 nitrogen and oxygen atoms in total. The summed E-state index contributed by atoms with van der Waals surface area (Å²) in [6.07, 6.45) is 9.95. The molecule has 0 aromatic carbocycles. The second-order valence-electron chi connectivity index (χ2n) is 6.80. The van der Waals surface area contributed by atoms with Gasteiger partial charge in [0, 0.05) is 56.7 Å². The summed E-state index contributed by atoms with van der Waals surface area (Å²) in [4.78, 5) is 25.3. The third-order valence-electron chi connectivity index (χ3n) is 4.88. The van der Waals surface area contributed by atoms with Crippen molar-refractivity contribution in [2.75, 3.05) is 31.1 Å². The molecule has 0 radical (unpaired) electrons. The van der Waals surface area contributed by atoms with Crippen LogP contribution in [0.25, 0.3) is 0 Å². The molecule has 1 aliphatic heterocycles. The molecule has 4 heterocycles. The van der Waals surface area contributed by atoms with Gasteiger partial charge in [-0.15, -0.1) is 0 Å². The summed E-state index contributed by atoms with van der Waals surface area (Å²) in [7, 11) is 0. The van der Waals surface area contributed by atoms with Crippen LogP contribution >= 0.6 is 0 Å². The molecule has 0 spiro atoms. The number of carbonyl (C=O) groups is 1. The first-order chi connectivity index (χ1) is 13.2. The Hall–Kier alpha value is -3.09. The van der Waals surface area contributed by atoms with Gasteiger partial charge in [0.25, 0.3) is 5.91 Å². The maximum Gasteiger partial charge on any atom is 0.289 e. The second kappa shape index (κ2) is 7.65. The zero-order chi connectivity index (χ0) is 18.6. The Morgan fingerprint density at radius 1 is 1.11 bits per heavy atom. The van der Waals surface area contributed by atoms with Gasteiger partial charge in [-0.05, 0) is 37.1 Å². The smallest absolute Gasteiger partial charge is 0.289 e. The SMILES string of the molecule is Cc1cnccc1N1CCCN(C(=O)c2ccc(Cn3ccnc3)o2)CC1. The number of carbonyl (C=O) groups excluding carboxylic acids is 1. The van der Waals surface area contributed by atoms with Gasteiger partial charge >= 0.3 is 0 Å². The molecule has 0 N–H and O–H groups in total. The maximum absolute atomic E-state index is 12.9. The van der Waals surface area contributed by atoms with Crippen molar-refractivity contribution < 1.29 is 9.21 Å². The molecular formula is C20H23N5O2. The summed E-state index contributed by atoms with van der Waals surface area (Å²) in [6, 6.07) is 5.67. The highest BCUT2D eigenvalue weighted by Gasteiger charge is 2.23. The molecule has 3 aromatic rings. The van der Waals surface area contributed by atoms with E-state index in [2.05, 4.69) is 21.8 Å². The summed E-state index contributed by atoms with van der Waals surface area (Å²) < 4.78 is 7.69. The lowest BCUT2D eigenvalue weighted by molar-refractivity contribution is 0.0733. The molecule has 0 bridgehead atoms. The Kier molecular flexibility index (Phi) is 4.91. The van der Waals surface area contributed by atoms with E-state index >= 15 is 0 Å². The molecule has 140 valence electrons. The fraction of sp³-hybridized carbons (Fsp3) is 0.350. The van der Waals surface area contributed by atoms with Crippen molar-refractivity contribution in [3.8, 4) is 0 Å². The van der Waals surface area contributed by atoms with Gasteiger partial charge in [0.2, 0.25) is 0 Å². The van der Waals surface area contributed by atoms with Gasteiger partial charge < -0.3 is 18.8 Å². The van der Waals surface area contributed by atoms with Crippen LogP contribution in [0.1, 0.15) is 28.3 Å². The first-order valence-corrected chi connectivity index (χ1v) is 9.20. The minimum Gasteiger partial charge on any atom is -0.454 e. The Labute approximate surface area is 158 Å². The van der Waals surface area contributed by atoms with E-state index in [1.54, 1.807) is 18.6 Å². The van der Waals surface area contributed by atoms with Crippen molar-refractivity contribution in [2.45, 2.75) is 19.9 Å². The van der Waals surface area contributed by atoms with E-state index in [4.69, 9.17) is 4.42 Å². The van der Waals surface area contributed by atoms with Crippen LogP contribution in [0.5, 0.6) is 0 Å². The van der Waals surface area contributed by atoms with E-state index < -0.39 is 0 Å². The number of furan rings is 1. The van der Waals surface area contributed by atoms with Gasteiger partial charge in [-0.25, -0.2) is 4.98 Å².